The van der Waals surface area contributed by atoms with Crippen LogP contribution in [0.5, 0.6) is 5.75 Å². The zero-order chi connectivity index (χ0) is 18.0. The number of carbonyl (C=O) groups is 2. The van der Waals surface area contributed by atoms with Crippen molar-refractivity contribution in [2.45, 2.75) is 25.7 Å². The zero-order valence-corrected chi connectivity index (χ0v) is 14.7. The summed E-state index contributed by atoms with van der Waals surface area (Å²) < 4.78 is 10.5. The van der Waals surface area contributed by atoms with Crippen LogP contribution in [0.3, 0.4) is 0 Å². The molecule has 6 nitrogen and oxygen atoms in total. The Morgan fingerprint density at radius 3 is 2.54 bits per heavy atom. The molecule has 132 valence electrons. The van der Waals surface area contributed by atoms with Crippen LogP contribution in [0.25, 0.3) is 0 Å². The lowest BCUT2D eigenvalue weighted by molar-refractivity contribution is -0.152. The third kappa shape index (κ3) is 3.11. The zero-order valence-electron chi connectivity index (χ0n) is 14.7. The number of hydrogen-bond acceptors (Lipinski definition) is 4. The molecule has 1 aromatic rings. The molecular weight excluding hydrogens is 310 g/mol. The lowest BCUT2D eigenvalue weighted by Crippen LogP contribution is -2.45. The first-order valence-corrected chi connectivity index (χ1v) is 7.94. The summed E-state index contributed by atoms with van der Waals surface area (Å²) in [5, 5.41) is 9.56. The van der Waals surface area contributed by atoms with Gasteiger partial charge in [0.1, 0.15) is 11.2 Å². The van der Waals surface area contributed by atoms with Gasteiger partial charge in [-0.2, -0.15) is 0 Å². The Morgan fingerprint density at radius 2 is 1.96 bits per heavy atom. The van der Waals surface area contributed by atoms with Crippen molar-refractivity contribution >= 4 is 11.9 Å². The predicted molar refractivity (Wildman–Crippen MR) is 89.2 cm³/mol. The molecule has 1 aliphatic heterocycles. The summed E-state index contributed by atoms with van der Waals surface area (Å²) in [6.07, 6.45) is 0.393. The van der Waals surface area contributed by atoms with E-state index in [0.29, 0.717) is 18.7 Å². The number of carboxylic acids is 1. The number of carbonyl (C=O) groups excluding carboxylic acids is 1. The molecule has 1 aliphatic rings. The molecular formula is C18H25NO5. The average Bonchev–Trinajstić information content (AvgIpc) is 3.00. The minimum atomic E-state index is -1.03. The monoisotopic (exact) mass is 335 g/mol. The molecule has 0 saturated carbocycles. The maximum atomic E-state index is 13.1. The van der Waals surface area contributed by atoms with Gasteiger partial charge in [0.25, 0.3) is 0 Å². The van der Waals surface area contributed by atoms with E-state index in [9.17, 15) is 14.7 Å². The van der Waals surface area contributed by atoms with Gasteiger partial charge in [0, 0.05) is 25.8 Å². The molecule has 2 rings (SSSR count). The van der Waals surface area contributed by atoms with Gasteiger partial charge in [-0.3, -0.25) is 9.59 Å². The van der Waals surface area contributed by atoms with Crippen LogP contribution in [-0.2, 0) is 19.7 Å². The lowest BCUT2D eigenvalue weighted by atomic mass is 9.82. The molecule has 1 atom stereocenters. The number of nitrogens with zero attached hydrogens (tertiary/aromatic N) is 1. The van der Waals surface area contributed by atoms with Gasteiger partial charge in [0.2, 0.25) is 5.91 Å². The summed E-state index contributed by atoms with van der Waals surface area (Å²) in [6, 6.07) is 7.41. The molecule has 1 saturated heterocycles. The number of likely N-dealkylation sites (tertiary alicyclic amines) is 1. The van der Waals surface area contributed by atoms with Crippen molar-refractivity contribution in [1.29, 1.82) is 0 Å². The van der Waals surface area contributed by atoms with Gasteiger partial charge in [-0.1, -0.05) is 18.2 Å². The molecule has 1 aromatic carbocycles. The normalized spacial score (nSPS) is 20.9. The molecule has 1 N–H and O–H groups in total. The third-order valence-corrected chi connectivity index (χ3v) is 4.83. The highest BCUT2D eigenvalue weighted by Gasteiger charge is 2.49. The van der Waals surface area contributed by atoms with Gasteiger partial charge < -0.3 is 19.5 Å². The largest absolute Gasteiger partial charge is 0.496 e. The number of aliphatic carboxylic acids is 1. The molecule has 1 heterocycles. The second-order valence-electron chi connectivity index (χ2n) is 6.82. The maximum Gasteiger partial charge on any atom is 0.313 e. The van der Waals surface area contributed by atoms with Gasteiger partial charge in [0.05, 0.1) is 19.1 Å². The van der Waals surface area contributed by atoms with Crippen LogP contribution in [0.4, 0.5) is 0 Å². The van der Waals surface area contributed by atoms with E-state index in [1.165, 1.54) is 7.11 Å². The Bertz CT molecular complexity index is 628. The highest BCUT2D eigenvalue weighted by Crippen LogP contribution is 2.37. The van der Waals surface area contributed by atoms with Crippen LogP contribution in [0.15, 0.2) is 24.3 Å². The van der Waals surface area contributed by atoms with Crippen LogP contribution >= 0.6 is 0 Å². The van der Waals surface area contributed by atoms with Gasteiger partial charge >= 0.3 is 5.97 Å². The van der Waals surface area contributed by atoms with E-state index >= 15 is 0 Å². The van der Waals surface area contributed by atoms with E-state index in [1.807, 2.05) is 38.1 Å². The third-order valence-electron chi connectivity index (χ3n) is 4.83. The minimum Gasteiger partial charge on any atom is -0.496 e. The van der Waals surface area contributed by atoms with Crippen molar-refractivity contribution in [2.24, 2.45) is 5.41 Å². The van der Waals surface area contributed by atoms with Crippen LogP contribution in [-0.4, -0.2) is 55.8 Å². The minimum absolute atomic E-state index is 0.0984. The lowest BCUT2D eigenvalue weighted by Gasteiger charge is -2.31. The fraction of sp³-hybridized carbons (Fsp3) is 0.556. The first kappa shape index (κ1) is 18.3. The molecule has 0 aliphatic carbocycles. The fourth-order valence-electron chi connectivity index (χ4n) is 3.35. The molecule has 0 aromatic heterocycles. The Morgan fingerprint density at radius 1 is 1.29 bits per heavy atom. The number of para-hydroxylation sites is 1. The van der Waals surface area contributed by atoms with Crippen LogP contribution in [0.1, 0.15) is 25.8 Å². The van der Waals surface area contributed by atoms with E-state index in [0.717, 1.165) is 5.56 Å². The number of rotatable bonds is 6. The molecule has 1 unspecified atom stereocenters. The molecule has 24 heavy (non-hydrogen) atoms. The summed E-state index contributed by atoms with van der Waals surface area (Å²) in [5.41, 5.74) is -1.05. The average molecular weight is 335 g/mol. The number of ether oxygens (including phenoxy) is 2. The first-order valence-electron chi connectivity index (χ1n) is 7.94. The summed E-state index contributed by atoms with van der Waals surface area (Å²) in [6.45, 7) is 4.34. The summed E-state index contributed by atoms with van der Waals surface area (Å²) in [7, 11) is 3.05. The van der Waals surface area contributed by atoms with Gasteiger partial charge in [-0.25, -0.2) is 0 Å². The Labute approximate surface area is 142 Å². The van der Waals surface area contributed by atoms with E-state index in [2.05, 4.69) is 0 Å². The Hall–Kier alpha value is -2.08. The molecule has 6 heteroatoms. The van der Waals surface area contributed by atoms with E-state index < -0.39 is 16.8 Å². The molecule has 0 spiro atoms. The number of methoxy groups -OCH3 is 2. The molecule has 1 fully saturated rings. The molecule has 1 amide bonds. The smallest absolute Gasteiger partial charge is 0.313 e. The summed E-state index contributed by atoms with van der Waals surface area (Å²) in [5.74, 6) is -0.377. The van der Waals surface area contributed by atoms with Gasteiger partial charge in [0.15, 0.2) is 0 Å². The molecule has 0 bridgehead atoms. The quantitative estimate of drug-likeness (QED) is 0.859. The van der Waals surface area contributed by atoms with Gasteiger partial charge in [-0.15, -0.1) is 0 Å². The maximum absolute atomic E-state index is 13.1. The highest BCUT2D eigenvalue weighted by atomic mass is 16.5. The van der Waals surface area contributed by atoms with Crippen molar-refractivity contribution in [3.63, 3.8) is 0 Å². The van der Waals surface area contributed by atoms with Crippen LogP contribution in [0.2, 0.25) is 0 Å². The number of carboxylic acid groups (broad SMARTS) is 1. The van der Waals surface area contributed by atoms with Gasteiger partial charge in [-0.05, 0) is 26.3 Å². The SMILES string of the molecule is COCC1(C(=O)O)CCN(C(=O)C(C)(C)c2ccccc2OC)C1. The molecule has 0 radical (unpaired) electrons. The van der Waals surface area contributed by atoms with Crippen LogP contribution < -0.4 is 4.74 Å². The Kier molecular flexibility index (Phi) is 5.18. The summed E-state index contributed by atoms with van der Waals surface area (Å²) >= 11 is 0. The number of amides is 1. The van der Waals surface area contributed by atoms with Crippen molar-refractivity contribution in [2.75, 3.05) is 33.9 Å². The topological polar surface area (TPSA) is 76.1 Å². The summed E-state index contributed by atoms with van der Waals surface area (Å²) in [4.78, 5) is 26.4. The van der Waals surface area contributed by atoms with Crippen LogP contribution in [0, 0.1) is 5.41 Å². The predicted octanol–water partition coefficient (Wildman–Crippen LogP) is 1.92. The second-order valence-corrected chi connectivity index (χ2v) is 6.82. The van der Waals surface area contributed by atoms with Crippen molar-refractivity contribution in [3.8, 4) is 5.75 Å². The van der Waals surface area contributed by atoms with Crippen molar-refractivity contribution < 1.29 is 24.2 Å². The van der Waals surface area contributed by atoms with Crippen molar-refractivity contribution in [3.05, 3.63) is 29.8 Å². The number of benzene rings is 1. The second kappa shape index (κ2) is 6.81. The van der Waals surface area contributed by atoms with E-state index in [-0.39, 0.29) is 19.1 Å². The first-order chi connectivity index (χ1) is 11.3. The standard InChI is InChI=1S/C18H25NO5/c1-17(2,13-7-5-6-8-14(13)24-4)15(20)19-10-9-18(11-19,12-23-3)16(21)22/h5-8H,9-12H2,1-4H3,(H,21,22). The highest BCUT2D eigenvalue weighted by molar-refractivity contribution is 5.89. The van der Waals surface area contributed by atoms with E-state index in [4.69, 9.17) is 9.47 Å². The Balaban J connectivity index is 2.27. The van der Waals surface area contributed by atoms with E-state index in [1.54, 1.807) is 12.0 Å². The number of hydrogen-bond donors (Lipinski definition) is 1. The fourth-order valence-corrected chi connectivity index (χ4v) is 3.35. The van der Waals surface area contributed by atoms with Crippen molar-refractivity contribution in [1.82, 2.24) is 4.90 Å².